The number of unbranched alkanes of at least 4 members (excludes halogenated alkanes) is 11. The van der Waals surface area contributed by atoms with Crippen LogP contribution >= 0.6 is 0 Å². The van der Waals surface area contributed by atoms with Crippen LogP contribution in [0.25, 0.3) is 0 Å². The van der Waals surface area contributed by atoms with Crippen LogP contribution in [-0.4, -0.2) is 69.0 Å². The number of nitrogens with zero attached hydrogens (tertiary/aromatic N) is 1. The Labute approximate surface area is 217 Å². The number of morpholine rings is 1. The molecule has 2 heterocycles. The summed E-state index contributed by atoms with van der Waals surface area (Å²) in [6.07, 6.45) is 19.8. The van der Waals surface area contributed by atoms with Crippen molar-refractivity contribution in [2.45, 2.75) is 116 Å². The molecule has 0 aromatic heterocycles. The smallest absolute Gasteiger partial charge is 0.219 e. The summed E-state index contributed by atoms with van der Waals surface area (Å²) in [7, 11) is 0. The van der Waals surface area contributed by atoms with E-state index in [-0.39, 0.29) is 18.3 Å². The second-order valence-electron chi connectivity index (χ2n) is 11.1. The molecule has 202 valence electrons. The minimum atomic E-state index is 0. The lowest BCUT2D eigenvalue weighted by Gasteiger charge is -2.41. The predicted molar refractivity (Wildman–Crippen MR) is 137 cm³/mol. The summed E-state index contributed by atoms with van der Waals surface area (Å²) in [6, 6.07) is 0. The number of rotatable bonds is 21. The molecule has 2 saturated heterocycles. The molecule has 6 heteroatoms. The first-order valence-electron chi connectivity index (χ1n) is 14.4. The molecule has 2 aliphatic heterocycles. The first-order valence-corrected chi connectivity index (χ1v) is 14.4. The Hall–Kier alpha value is -0.360. The molecule has 0 aromatic carbocycles. The van der Waals surface area contributed by atoms with Crippen molar-refractivity contribution >= 4 is 5.91 Å². The zero-order valence-electron chi connectivity index (χ0n) is 22.5. The maximum atomic E-state index is 12.1. The van der Waals surface area contributed by atoms with Gasteiger partial charge in [0, 0.05) is 19.4 Å². The zero-order valence-corrected chi connectivity index (χ0v) is 23.2. The number of quaternary nitrogens is 1. The number of carbonyl (C=O) groups is 1. The molecule has 1 atom stereocenters. The number of hydrogen-bond acceptors (Lipinski definition) is 3. The first kappa shape index (κ1) is 31.7. The van der Waals surface area contributed by atoms with Crippen LogP contribution in [0.3, 0.4) is 0 Å². The summed E-state index contributed by atoms with van der Waals surface area (Å²) < 4.78 is 12.1. The minimum Gasteiger partial charge on any atom is -1.00 e. The average molecular weight is 503 g/mol. The third-order valence-electron chi connectivity index (χ3n) is 7.48. The van der Waals surface area contributed by atoms with Gasteiger partial charge in [-0.3, -0.25) is 4.79 Å². The van der Waals surface area contributed by atoms with Gasteiger partial charge in [-0.1, -0.05) is 90.9 Å². The Bertz CT molecular complexity index is 494. The van der Waals surface area contributed by atoms with Gasteiger partial charge in [-0.15, -0.1) is 0 Å². The molecule has 2 rings (SSSR count). The fourth-order valence-corrected chi connectivity index (χ4v) is 5.17. The Morgan fingerprint density at radius 3 is 1.91 bits per heavy atom. The highest BCUT2D eigenvalue weighted by Crippen LogP contribution is 2.20. The molecule has 2 aliphatic rings. The predicted octanol–water partition coefficient (Wildman–Crippen LogP) is 2.86. The van der Waals surface area contributed by atoms with E-state index in [1.165, 1.54) is 77.0 Å². The largest absolute Gasteiger partial charge is 1.00 e. The van der Waals surface area contributed by atoms with Crippen LogP contribution in [0.4, 0.5) is 0 Å². The zero-order chi connectivity index (χ0) is 23.6. The molecule has 5 nitrogen and oxygen atoms in total. The van der Waals surface area contributed by atoms with Gasteiger partial charge in [0.25, 0.3) is 0 Å². The van der Waals surface area contributed by atoms with Crippen molar-refractivity contribution in [3.63, 3.8) is 0 Å². The minimum absolute atomic E-state index is 0. The Kier molecular flexibility index (Phi) is 18.4. The number of ether oxygens (including phenoxy) is 2. The highest BCUT2D eigenvalue weighted by Gasteiger charge is 2.38. The highest BCUT2D eigenvalue weighted by molar-refractivity contribution is 5.75. The van der Waals surface area contributed by atoms with Gasteiger partial charge in [-0.05, 0) is 12.3 Å². The summed E-state index contributed by atoms with van der Waals surface area (Å²) in [6.45, 7) is 12.5. The molecule has 1 N–H and O–H groups in total. The maximum absolute atomic E-state index is 12.1. The van der Waals surface area contributed by atoms with E-state index in [1.807, 2.05) is 0 Å². The first-order chi connectivity index (χ1) is 16.1. The van der Waals surface area contributed by atoms with Crippen molar-refractivity contribution in [3.05, 3.63) is 0 Å². The molecule has 0 aromatic rings. The van der Waals surface area contributed by atoms with Gasteiger partial charge in [-0.25, -0.2) is 0 Å². The van der Waals surface area contributed by atoms with Crippen LogP contribution < -0.4 is 17.7 Å². The quantitative estimate of drug-likeness (QED) is 0.149. The fourth-order valence-electron chi connectivity index (χ4n) is 5.17. The number of amides is 1. The molecular weight excluding hydrogens is 448 g/mol. The summed E-state index contributed by atoms with van der Waals surface area (Å²) >= 11 is 0. The van der Waals surface area contributed by atoms with Crippen LogP contribution in [0, 0.1) is 5.92 Å². The Morgan fingerprint density at radius 1 is 0.853 bits per heavy atom. The van der Waals surface area contributed by atoms with Crippen molar-refractivity contribution in [3.8, 4) is 0 Å². The van der Waals surface area contributed by atoms with E-state index in [0.29, 0.717) is 12.5 Å². The number of nitrogens with one attached hydrogen (secondary N) is 1. The van der Waals surface area contributed by atoms with E-state index < -0.39 is 0 Å². The van der Waals surface area contributed by atoms with Crippen molar-refractivity contribution < 1.29 is 31.2 Å². The topological polar surface area (TPSA) is 50.9 Å². The SMILES string of the molecule is CC(C)CCCCCCCCCCCCCCC(=O)NCCC[N+]1(CC2CO2)CCOCC1.[Cl-]. The monoisotopic (exact) mass is 502 g/mol. The molecule has 0 radical (unpaired) electrons. The molecule has 0 aliphatic carbocycles. The Balaban J connectivity index is 0.00000578. The van der Waals surface area contributed by atoms with Gasteiger partial charge in [0.05, 0.1) is 26.4 Å². The average Bonchev–Trinajstić information content (AvgIpc) is 3.61. The van der Waals surface area contributed by atoms with Crippen molar-refractivity contribution in [2.75, 3.05) is 52.5 Å². The number of epoxide rings is 1. The Morgan fingerprint density at radius 2 is 1.38 bits per heavy atom. The van der Waals surface area contributed by atoms with Crippen LogP contribution in [0.1, 0.15) is 110 Å². The normalized spacial score (nSPS) is 19.1. The molecule has 0 spiro atoms. The lowest BCUT2D eigenvalue weighted by atomic mass is 10.0. The van der Waals surface area contributed by atoms with E-state index in [9.17, 15) is 4.79 Å². The lowest BCUT2D eigenvalue weighted by Crippen LogP contribution is -3.00. The third kappa shape index (κ3) is 16.3. The molecule has 1 amide bonds. The third-order valence-corrected chi connectivity index (χ3v) is 7.48. The van der Waals surface area contributed by atoms with E-state index in [2.05, 4.69) is 19.2 Å². The van der Waals surface area contributed by atoms with Crippen molar-refractivity contribution in [1.29, 1.82) is 0 Å². The number of halogens is 1. The molecule has 34 heavy (non-hydrogen) atoms. The van der Waals surface area contributed by atoms with Crippen LogP contribution in [0.5, 0.6) is 0 Å². The van der Waals surface area contributed by atoms with Crippen molar-refractivity contribution in [2.24, 2.45) is 5.92 Å². The van der Waals surface area contributed by atoms with Gasteiger partial charge in [0.1, 0.15) is 25.7 Å². The van der Waals surface area contributed by atoms with Gasteiger partial charge >= 0.3 is 0 Å². The van der Waals surface area contributed by atoms with E-state index in [1.54, 1.807) is 0 Å². The summed E-state index contributed by atoms with van der Waals surface area (Å²) in [4.78, 5) is 12.1. The maximum Gasteiger partial charge on any atom is 0.219 e. The molecule has 0 saturated carbocycles. The molecule has 2 fully saturated rings. The summed E-state index contributed by atoms with van der Waals surface area (Å²) in [5, 5.41) is 3.15. The van der Waals surface area contributed by atoms with Crippen LogP contribution in [-0.2, 0) is 14.3 Å². The molecule has 1 unspecified atom stereocenters. The lowest BCUT2D eigenvalue weighted by molar-refractivity contribution is -0.935. The van der Waals surface area contributed by atoms with E-state index in [4.69, 9.17) is 9.47 Å². The van der Waals surface area contributed by atoms with E-state index in [0.717, 1.165) is 75.8 Å². The standard InChI is InChI=1S/C28H54N2O3.ClH/c1-26(2)16-13-11-9-7-5-3-4-6-8-10-12-14-17-28(31)29-18-15-19-30(24-27-25-33-27)20-22-32-23-21-30;/h26-27H,3-25H2,1-2H3;1H. The second kappa shape index (κ2) is 19.8. The van der Waals surface area contributed by atoms with Crippen LogP contribution in [0.15, 0.2) is 0 Å². The molecular formula is C28H55ClN2O3. The van der Waals surface area contributed by atoms with E-state index >= 15 is 0 Å². The molecule has 0 bridgehead atoms. The fraction of sp³-hybridized carbons (Fsp3) is 0.964. The van der Waals surface area contributed by atoms with Crippen LogP contribution in [0.2, 0.25) is 0 Å². The van der Waals surface area contributed by atoms with Gasteiger partial charge in [0.2, 0.25) is 5.91 Å². The van der Waals surface area contributed by atoms with Crippen molar-refractivity contribution in [1.82, 2.24) is 5.32 Å². The number of hydrogen-bond donors (Lipinski definition) is 1. The van der Waals surface area contributed by atoms with Gasteiger partial charge < -0.3 is 31.7 Å². The van der Waals surface area contributed by atoms with Gasteiger partial charge in [0.15, 0.2) is 0 Å². The second-order valence-corrected chi connectivity index (χ2v) is 11.1. The number of carbonyl (C=O) groups excluding carboxylic acids is 1. The van der Waals surface area contributed by atoms with Gasteiger partial charge in [-0.2, -0.15) is 0 Å². The summed E-state index contributed by atoms with van der Waals surface area (Å²) in [5.41, 5.74) is 0. The summed E-state index contributed by atoms with van der Waals surface area (Å²) in [5.74, 6) is 1.11. The highest BCUT2D eigenvalue weighted by atomic mass is 35.5.